The number of benzene rings is 1. The number of phenols is 1. The van der Waals surface area contributed by atoms with Crippen LogP contribution in [-0.2, 0) is 19.1 Å². The summed E-state index contributed by atoms with van der Waals surface area (Å²) in [6.07, 6.45) is 1.98. The summed E-state index contributed by atoms with van der Waals surface area (Å²) in [7, 11) is 2.56. The van der Waals surface area contributed by atoms with Crippen LogP contribution in [0.15, 0.2) is 59.8 Å². The van der Waals surface area contributed by atoms with Crippen LogP contribution >= 0.6 is 0 Å². The SMILES string of the molecule is COCC1=C([C@H](O)CC/C(=C/c2ccccc2O)c2ccccn2)[C@H](CO)[C@@H]2C(=O)N(C(=O)OC)C(=O)[C@@H]2C1. The minimum absolute atomic E-state index is 0.0899. The number of hydrogen-bond acceptors (Lipinski definition) is 9. The Kier molecular flexibility index (Phi) is 8.90. The van der Waals surface area contributed by atoms with Crippen molar-refractivity contribution in [2.45, 2.75) is 25.4 Å². The molecular formula is C29H32N2O8. The minimum Gasteiger partial charge on any atom is -0.507 e. The van der Waals surface area contributed by atoms with Crippen molar-refractivity contribution in [3.63, 3.8) is 0 Å². The molecular weight excluding hydrogens is 504 g/mol. The summed E-state index contributed by atoms with van der Waals surface area (Å²) in [6, 6.07) is 12.4. The van der Waals surface area contributed by atoms with Gasteiger partial charge in [0.15, 0.2) is 0 Å². The van der Waals surface area contributed by atoms with E-state index >= 15 is 0 Å². The second-order valence-electron chi connectivity index (χ2n) is 9.60. The standard InChI is InChI=1S/C29H32N2O8/c1-38-16-19-14-20-26(28(36)31(27(20)35)29(37)39-2)21(15-32)25(19)24(34)11-10-17(22-8-5-6-12-30-22)13-18-7-3-4-9-23(18)33/h3-9,12-13,20-21,24,26,32-34H,10-11,14-16H2,1-2H3/b17-13-/t20-,21+,24-,26-/m1/s1. The van der Waals surface area contributed by atoms with E-state index in [0.717, 1.165) is 12.7 Å². The number of aliphatic hydroxyl groups is 2. The lowest BCUT2D eigenvalue weighted by Crippen LogP contribution is -2.40. The predicted molar refractivity (Wildman–Crippen MR) is 141 cm³/mol. The van der Waals surface area contributed by atoms with Gasteiger partial charge in [0.25, 0.3) is 0 Å². The van der Waals surface area contributed by atoms with Crippen LogP contribution in [0.3, 0.4) is 0 Å². The van der Waals surface area contributed by atoms with Crippen molar-refractivity contribution in [3.8, 4) is 5.75 Å². The first kappa shape index (κ1) is 28.2. The van der Waals surface area contributed by atoms with Gasteiger partial charge in [0, 0.05) is 24.8 Å². The first-order valence-electron chi connectivity index (χ1n) is 12.7. The molecule has 0 spiro atoms. The molecule has 39 heavy (non-hydrogen) atoms. The Morgan fingerprint density at radius 3 is 2.54 bits per heavy atom. The van der Waals surface area contributed by atoms with E-state index in [1.807, 2.05) is 18.2 Å². The number of aromatic nitrogens is 1. The molecule has 2 aliphatic rings. The van der Waals surface area contributed by atoms with Crippen LogP contribution in [0.1, 0.15) is 30.5 Å². The number of allylic oxidation sites excluding steroid dienone is 1. The third kappa shape index (κ3) is 5.63. The fraction of sp³-hybridized carbons (Fsp3) is 0.379. The second-order valence-corrected chi connectivity index (χ2v) is 9.60. The van der Waals surface area contributed by atoms with Crippen LogP contribution in [0.2, 0.25) is 0 Å². The Labute approximate surface area is 226 Å². The van der Waals surface area contributed by atoms with Crippen LogP contribution in [0.5, 0.6) is 5.75 Å². The zero-order valence-corrected chi connectivity index (χ0v) is 21.8. The molecule has 1 aromatic heterocycles. The number of para-hydroxylation sites is 1. The third-order valence-corrected chi connectivity index (χ3v) is 7.36. The summed E-state index contributed by atoms with van der Waals surface area (Å²) in [4.78, 5) is 43.2. The van der Waals surface area contributed by atoms with Crippen molar-refractivity contribution in [2.75, 3.05) is 27.4 Å². The minimum atomic E-state index is -1.08. The van der Waals surface area contributed by atoms with Gasteiger partial charge >= 0.3 is 6.09 Å². The molecule has 3 amide bonds. The highest BCUT2D eigenvalue weighted by Crippen LogP contribution is 2.46. The first-order chi connectivity index (χ1) is 18.8. The highest BCUT2D eigenvalue weighted by Gasteiger charge is 2.57. The van der Waals surface area contributed by atoms with E-state index in [-0.39, 0.29) is 25.2 Å². The summed E-state index contributed by atoms with van der Waals surface area (Å²) >= 11 is 0. The lowest BCUT2D eigenvalue weighted by Gasteiger charge is -2.36. The molecule has 1 aliphatic heterocycles. The van der Waals surface area contributed by atoms with Crippen molar-refractivity contribution in [2.24, 2.45) is 17.8 Å². The number of rotatable bonds is 9. The molecule has 2 heterocycles. The fourth-order valence-corrected chi connectivity index (χ4v) is 5.61. The molecule has 3 N–H and O–H groups in total. The molecule has 10 heteroatoms. The van der Waals surface area contributed by atoms with Gasteiger partial charge in [0.05, 0.1) is 44.0 Å². The van der Waals surface area contributed by atoms with E-state index in [0.29, 0.717) is 33.7 Å². The summed E-state index contributed by atoms with van der Waals surface area (Å²) < 4.78 is 9.97. The maximum Gasteiger partial charge on any atom is 0.423 e. The van der Waals surface area contributed by atoms with E-state index in [1.54, 1.807) is 36.5 Å². The monoisotopic (exact) mass is 536 g/mol. The van der Waals surface area contributed by atoms with Crippen molar-refractivity contribution >= 4 is 29.6 Å². The van der Waals surface area contributed by atoms with E-state index in [1.165, 1.54) is 7.11 Å². The van der Waals surface area contributed by atoms with Crippen LogP contribution < -0.4 is 0 Å². The van der Waals surface area contributed by atoms with E-state index in [4.69, 9.17) is 4.74 Å². The number of hydrogen-bond donors (Lipinski definition) is 3. The number of ether oxygens (including phenoxy) is 2. The van der Waals surface area contributed by atoms with Gasteiger partial charge in [0.1, 0.15) is 5.75 Å². The Hall–Kier alpha value is -3.86. The van der Waals surface area contributed by atoms with Crippen molar-refractivity contribution in [1.82, 2.24) is 9.88 Å². The van der Waals surface area contributed by atoms with Gasteiger partial charge in [-0.3, -0.25) is 14.6 Å². The van der Waals surface area contributed by atoms with Gasteiger partial charge in [-0.25, -0.2) is 4.79 Å². The zero-order valence-electron chi connectivity index (χ0n) is 21.8. The average molecular weight is 537 g/mol. The topological polar surface area (TPSA) is 146 Å². The lowest BCUT2D eigenvalue weighted by molar-refractivity contribution is -0.137. The van der Waals surface area contributed by atoms with Crippen molar-refractivity contribution in [1.29, 1.82) is 0 Å². The summed E-state index contributed by atoms with van der Waals surface area (Å²) in [5.41, 5.74) is 3.09. The molecule has 1 aliphatic carbocycles. The summed E-state index contributed by atoms with van der Waals surface area (Å²) in [6.45, 7) is -0.414. The molecule has 206 valence electrons. The van der Waals surface area contributed by atoms with Gasteiger partial charge in [-0.05, 0) is 60.3 Å². The number of aromatic hydroxyl groups is 1. The number of carbonyl (C=O) groups is 3. The molecule has 1 saturated heterocycles. The van der Waals surface area contributed by atoms with E-state index < -0.39 is 48.4 Å². The van der Waals surface area contributed by atoms with Crippen LogP contribution in [-0.4, -0.2) is 76.6 Å². The quantitative estimate of drug-likeness (QED) is 0.325. The molecule has 0 bridgehead atoms. The lowest BCUT2D eigenvalue weighted by atomic mass is 9.68. The first-order valence-corrected chi connectivity index (χ1v) is 12.7. The van der Waals surface area contributed by atoms with Gasteiger partial charge in [-0.1, -0.05) is 24.3 Å². The summed E-state index contributed by atoms with van der Waals surface area (Å²) in [5, 5.41) is 32.1. The number of phenolic OH excluding ortho intramolecular Hbond substituents is 1. The molecule has 4 atom stereocenters. The van der Waals surface area contributed by atoms with E-state index in [2.05, 4.69) is 9.72 Å². The van der Waals surface area contributed by atoms with Crippen molar-refractivity contribution in [3.05, 3.63) is 71.1 Å². The van der Waals surface area contributed by atoms with E-state index in [9.17, 15) is 29.7 Å². The number of amides is 3. The van der Waals surface area contributed by atoms with Crippen LogP contribution in [0.25, 0.3) is 11.6 Å². The number of nitrogens with zero attached hydrogens (tertiary/aromatic N) is 2. The van der Waals surface area contributed by atoms with Gasteiger partial charge in [-0.15, -0.1) is 0 Å². The number of imide groups is 3. The Bertz CT molecular complexity index is 1290. The van der Waals surface area contributed by atoms with Crippen LogP contribution in [0.4, 0.5) is 4.79 Å². The number of aliphatic hydroxyl groups excluding tert-OH is 2. The Morgan fingerprint density at radius 1 is 1.15 bits per heavy atom. The normalized spacial score (nSPS) is 22.2. The summed E-state index contributed by atoms with van der Waals surface area (Å²) in [5.74, 6) is -4.06. The molecule has 1 fully saturated rings. The number of pyridine rings is 1. The maximum absolute atomic E-state index is 13.2. The molecule has 2 aromatic rings. The largest absolute Gasteiger partial charge is 0.507 e. The predicted octanol–water partition coefficient (Wildman–Crippen LogP) is 2.79. The Morgan fingerprint density at radius 2 is 1.90 bits per heavy atom. The highest BCUT2D eigenvalue weighted by atomic mass is 16.5. The fourth-order valence-electron chi connectivity index (χ4n) is 5.61. The van der Waals surface area contributed by atoms with Gasteiger partial charge < -0.3 is 24.8 Å². The number of likely N-dealkylation sites (tertiary alicyclic amines) is 1. The zero-order chi connectivity index (χ0) is 28.1. The van der Waals surface area contributed by atoms with Crippen LogP contribution in [0, 0.1) is 17.8 Å². The molecule has 0 radical (unpaired) electrons. The van der Waals surface area contributed by atoms with Gasteiger partial charge in [0.2, 0.25) is 11.8 Å². The molecule has 4 rings (SSSR count). The second kappa shape index (κ2) is 12.3. The molecule has 0 unspecified atom stereocenters. The van der Waals surface area contributed by atoms with Gasteiger partial charge in [-0.2, -0.15) is 4.90 Å². The number of carbonyl (C=O) groups excluding carboxylic acids is 3. The smallest absolute Gasteiger partial charge is 0.423 e. The number of fused-ring (bicyclic) bond motifs is 1. The average Bonchev–Trinajstić information content (AvgIpc) is 3.20. The highest BCUT2D eigenvalue weighted by molar-refractivity contribution is 6.16. The molecule has 0 saturated carbocycles. The molecule has 10 nitrogen and oxygen atoms in total. The number of methoxy groups -OCH3 is 2. The van der Waals surface area contributed by atoms with Crippen molar-refractivity contribution < 1.29 is 39.2 Å². The Balaban J connectivity index is 1.65. The third-order valence-electron chi connectivity index (χ3n) is 7.36. The molecule has 1 aromatic carbocycles. The maximum atomic E-state index is 13.2.